The SMILES string of the molecule is Clc1ccc(Cn2cnc3ncccc32)cc1. The summed E-state index contributed by atoms with van der Waals surface area (Å²) < 4.78 is 2.07. The molecule has 2 heterocycles. The molecule has 0 unspecified atom stereocenters. The first kappa shape index (κ1) is 10.3. The maximum Gasteiger partial charge on any atom is 0.177 e. The average Bonchev–Trinajstić information content (AvgIpc) is 2.76. The molecule has 0 radical (unpaired) electrons. The summed E-state index contributed by atoms with van der Waals surface area (Å²) in [5.41, 5.74) is 3.02. The van der Waals surface area contributed by atoms with Crippen LogP contribution >= 0.6 is 11.6 Å². The highest BCUT2D eigenvalue weighted by Crippen LogP contribution is 2.14. The number of hydrogen-bond donors (Lipinski definition) is 0. The van der Waals surface area contributed by atoms with Crippen LogP contribution in [-0.4, -0.2) is 14.5 Å². The van der Waals surface area contributed by atoms with E-state index in [1.165, 1.54) is 5.56 Å². The topological polar surface area (TPSA) is 30.7 Å². The Labute approximate surface area is 104 Å². The number of pyridine rings is 1. The predicted molar refractivity (Wildman–Crippen MR) is 68.1 cm³/mol. The van der Waals surface area contributed by atoms with Crippen LogP contribution in [0.5, 0.6) is 0 Å². The fourth-order valence-electron chi connectivity index (χ4n) is 1.81. The van der Waals surface area contributed by atoms with Gasteiger partial charge in [0.1, 0.15) is 0 Å². The van der Waals surface area contributed by atoms with Crippen LogP contribution in [0.2, 0.25) is 5.02 Å². The van der Waals surface area contributed by atoms with Crippen molar-refractivity contribution in [3.63, 3.8) is 0 Å². The summed E-state index contributed by atoms with van der Waals surface area (Å²) in [6.07, 6.45) is 3.56. The molecule has 1 aromatic carbocycles. The lowest BCUT2D eigenvalue weighted by Gasteiger charge is -2.04. The quantitative estimate of drug-likeness (QED) is 0.692. The second-order valence-electron chi connectivity index (χ2n) is 3.85. The number of fused-ring (bicyclic) bond motifs is 1. The van der Waals surface area contributed by atoms with Gasteiger partial charge in [0, 0.05) is 17.8 Å². The molecule has 0 atom stereocenters. The number of hydrogen-bond acceptors (Lipinski definition) is 2. The van der Waals surface area contributed by atoms with Gasteiger partial charge in [-0.05, 0) is 29.8 Å². The van der Waals surface area contributed by atoms with Crippen LogP contribution in [-0.2, 0) is 6.54 Å². The molecule has 0 aliphatic carbocycles. The van der Waals surface area contributed by atoms with Gasteiger partial charge in [-0.3, -0.25) is 0 Å². The van der Waals surface area contributed by atoms with Crippen molar-refractivity contribution in [2.45, 2.75) is 6.54 Å². The van der Waals surface area contributed by atoms with E-state index in [9.17, 15) is 0 Å². The Kier molecular flexibility index (Phi) is 2.53. The molecule has 0 N–H and O–H groups in total. The standard InChI is InChI=1S/C13H10ClN3/c14-11-5-3-10(4-6-11)8-17-9-16-13-12(17)2-1-7-15-13/h1-7,9H,8H2. The van der Waals surface area contributed by atoms with Crippen molar-refractivity contribution in [2.75, 3.05) is 0 Å². The first-order chi connectivity index (χ1) is 8.33. The number of imidazole rings is 1. The second kappa shape index (κ2) is 4.18. The van der Waals surface area contributed by atoms with E-state index >= 15 is 0 Å². The molecule has 84 valence electrons. The van der Waals surface area contributed by atoms with E-state index in [4.69, 9.17) is 11.6 Å². The van der Waals surface area contributed by atoms with Gasteiger partial charge in [-0.15, -0.1) is 0 Å². The number of aromatic nitrogens is 3. The third-order valence-electron chi connectivity index (χ3n) is 2.66. The van der Waals surface area contributed by atoms with Gasteiger partial charge in [0.05, 0.1) is 11.8 Å². The van der Waals surface area contributed by atoms with Crippen LogP contribution in [0, 0.1) is 0 Å². The lowest BCUT2D eigenvalue weighted by Crippen LogP contribution is -1.97. The molecule has 0 saturated carbocycles. The van der Waals surface area contributed by atoms with Crippen LogP contribution in [0.3, 0.4) is 0 Å². The van der Waals surface area contributed by atoms with Gasteiger partial charge >= 0.3 is 0 Å². The first-order valence-electron chi connectivity index (χ1n) is 5.33. The number of halogens is 1. The summed E-state index contributed by atoms with van der Waals surface area (Å²) in [6.45, 7) is 0.777. The average molecular weight is 244 g/mol. The Morgan fingerprint density at radius 1 is 1.06 bits per heavy atom. The third kappa shape index (κ3) is 2.01. The molecule has 0 aliphatic heterocycles. The van der Waals surface area contributed by atoms with E-state index in [0.29, 0.717) is 0 Å². The third-order valence-corrected chi connectivity index (χ3v) is 2.91. The largest absolute Gasteiger partial charge is 0.325 e. The molecule has 0 saturated heterocycles. The van der Waals surface area contributed by atoms with E-state index in [-0.39, 0.29) is 0 Å². The van der Waals surface area contributed by atoms with Crippen molar-refractivity contribution in [2.24, 2.45) is 0 Å². The zero-order chi connectivity index (χ0) is 11.7. The van der Waals surface area contributed by atoms with Crippen molar-refractivity contribution in [3.8, 4) is 0 Å². The maximum absolute atomic E-state index is 5.86. The monoisotopic (exact) mass is 243 g/mol. The lowest BCUT2D eigenvalue weighted by atomic mass is 10.2. The molecular weight excluding hydrogens is 234 g/mol. The smallest absolute Gasteiger partial charge is 0.177 e. The molecule has 0 aliphatic rings. The highest BCUT2D eigenvalue weighted by molar-refractivity contribution is 6.30. The molecule has 3 nitrogen and oxygen atoms in total. The summed E-state index contributed by atoms with van der Waals surface area (Å²) in [7, 11) is 0. The Morgan fingerprint density at radius 3 is 2.71 bits per heavy atom. The second-order valence-corrected chi connectivity index (χ2v) is 4.28. The van der Waals surface area contributed by atoms with Crippen LogP contribution in [0.1, 0.15) is 5.56 Å². The van der Waals surface area contributed by atoms with E-state index in [2.05, 4.69) is 14.5 Å². The van der Waals surface area contributed by atoms with E-state index in [0.717, 1.165) is 22.7 Å². The highest BCUT2D eigenvalue weighted by Gasteiger charge is 2.02. The Bertz CT molecular complexity index is 643. The Balaban J connectivity index is 1.97. The number of benzene rings is 1. The van der Waals surface area contributed by atoms with Gasteiger partial charge in [-0.1, -0.05) is 23.7 Å². The van der Waals surface area contributed by atoms with E-state index < -0.39 is 0 Å². The summed E-state index contributed by atoms with van der Waals surface area (Å²) in [5, 5.41) is 0.755. The lowest BCUT2D eigenvalue weighted by molar-refractivity contribution is 0.824. The van der Waals surface area contributed by atoms with Gasteiger partial charge in [-0.2, -0.15) is 0 Å². The van der Waals surface area contributed by atoms with Crippen molar-refractivity contribution < 1.29 is 0 Å². The van der Waals surface area contributed by atoms with Crippen LogP contribution in [0.25, 0.3) is 11.2 Å². The van der Waals surface area contributed by atoms with Gasteiger partial charge in [0.15, 0.2) is 5.65 Å². The molecule has 2 aromatic heterocycles. The zero-order valence-corrected chi connectivity index (χ0v) is 9.80. The normalized spacial score (nSPS) is 10.9. The van der Waals surface area contributed by atoms with Crippen LogP contribution < -0.4 is 0 Å². The fraction of sp³-hybridized carbons (Fsp3) is 0.0769. The van der Waals surface area contributed by atoms with Crippen molar-refractivity contribution in [1.29, 1.82) is 0 Å². The van der Waals surface area contributed by atoms with Gasteiger partial charge in [-0.25, -0.2) is 9.97 Å². The molecular formula is C13H10ClN3. The molecule has 4 heteroatoms. The minimum Gasteiger partial charge on any atom is -0.325 e. The van der Waals surface area contributed by atoms with Gasteiger partial charge in [0.2, 0.25) is 0 Å². The van der Waals surface area contributed by atoms with E-state index in [1.54, 1.807) is 6.20 Å². The predicted octanol–water partition coefficient (Wildman–Crippen LogP) is 3.13. The molecule has 0 spiro atoms. The minimum atomic E-state index is 0.755. The summed E-state index contributed by atoms with van der Waals surface area (Å²) in [5.74, 6) is 0. The minimum absolute atomic E-state index is 0.755. The molecule has 0 amide bonds. The summed E-state index contributed by atoms with van der Waals surface area (Å²) in [4.78, 5) is 8.46. The van der Waals surface area contributed by atoms with Gasteiger partial charge in [0.25, 0.3) is 0 Å². The summed E-state index contributed by atoms with van der Waals surface area (Å²) in [6, 6.07) is 11.8. The summed E-state index contributed by atoms with van der Waals surface area (Å²) >= 11 is 5.86. The molecule has 17 heavy (non-hydrogen) atoms. The number of nitrogens with zero attached hydrogens (tertiary/aromatic N) is 3. The maximum atomic E-state index is 5.86. The Hall–Kier alpha value is -1.87. The molecule has 3 aromatic rings. The highest BCUT2D eigenvalue weighted by atomic mass is 35.5. The van der Waals surface area contributed by atoms with Crippen LogP contribution in [0.4, 0.5) is 0 Å². The molecule has 0 fully saturated rings. The zero-order valence-electron chi connectivity index (χ0n) is 9.05. The first-order valence-corrected chi connectivity index (χ1v) is 5.71. The van der Waals surface area contributed by atoms with Crippen LogP contribution in [0.15, 0.2) is 48.9 Å². The molecule has 3 rings (SSSR count). The fourth-order valence-corrected chi connectivity index (χ4v) is 1.94. The number of rotatable bonds is 2. The van der Waals surface area contributed by atoms with Gasteiger partial charge < -0.3 is 4.57 Å². The van der Waals surface area contributed by atoms with Crippen molar-refractivity contribution in [1.82, 2.24) is 14.5 Å². The molecule has 0 bridgehead atoms. The van der Waals surface area contributed by atoms with Crippen molar-refractivity contribution in [3.05, 3.63) is 59.5 Å². The van der Waals surface area contributed by atoms with E-state index in [1.807, 2.05) is 42.7 Å². The Morgan fingerprint density at radius 2 is 1.88 bits per heavy atom. The van der Waals surface area contributed by atoms with Crippen molar-refractivity contribution >= 4 is 22.8 Å².